The van der Waals surface area contributed by atoms with E-state index >= 15 is 0 Å². The highest BCUT2D eigenvalue weighted by Crippen LogP contribution is 2.42. The lowest BCUT2D eigenvalue weighted by Gasteiger charge is -2.41. The summed E-state index contributed by atoms with van der Waals surface area (Å²) in [4.78, 5) is 31.9. The molecule has 2 N–H and O–H groups in total. The zero-order valence-corrected chi connectivity index (χ0v) is 18.4. The van der Waals surface area contributed by atoms with E-state index in [1.807, 2.05) is 58.0 Å². The molecule has 3 aliphatic heterocycles. The van der Waals surface area contributed by atoms with Crippen LogP contribution in [0.25, 0.3) is 11.0 Å². The maximum absolute atomic E-state index is 12.9. The van der Waals surface area contributed by atoms with Crippen molar-refractivity contribution in [3.63, 3.8) is 0 Å². The van der Waals surface area contributed by atoms with Crippen LogP contribution in [-0.4, -0.2) is 57.2 Å². The second-order valence-corrected chi connectivity index (χ2v) is 9.41. The van der Waals surface area contributed by atoms with Crippen molar-refractivity contribution in [3.05, 3.63) is 60.4 Å². The maximum Gasteiger partial charge on any atom is 0.255 e. The van der Waals surface area contributed by atoms with Gasteiger partial charge in [-0.1, -0.05) is 24.3 Å². The predicted octanol–water partition coefficient (Wildman–Crippen LogP) is 2.76. The number of carbonyl (C=O) groups excluding carboxylic acids is 2. The largest absolute Gasteiger partial charge is 0.370 e. The van der Waals surface area contributed by atoms with Gasteiger partial charge in [0.05, 0.1) is 35.1 Å². The second kappa shape index (κ2) is 7.59. The monoisotopic (exact) mass is 445 g/mol. The molecule has 1 atom stereocenters. The summed E-state index contributed by atoms with van der Waals surface area (Å²) < 4.78 is 8.35. The minimum atomic E-state index is -0.583. The molecule has 0 aliphatic carbocycles. The number of piperidine rings is 1. The zero-order valence-electron chi connectivity index (χ0n) is 18.4. The van der Waals surface area contributed by atoms with Gasteiger partial charge < -0.3 is 24.8 Å². The molecule has 2 amide bonds. The molecule has 0 radical (unpaired) electrons. The van der Waals surface area contributed by atoms with E-state index in [0.29, 0.717) is 44.6 Å². The maximum atomic E-state index is 12.9. The summed E-state index contributed by atoms with van der Waals surface area (Å²) in [6, 6.07) is 15.5. The summed E-state index contributed by atoms with van der Waals surface area (Å²) in [7, 11) is 0. The Kier molecular flexibility index (Phi) is 4.65. The number of nitrogens with one attached hydrogen (secondary N) is 2. The zero-order chi connectivity index (χ0) is 22.5. The highest BCUT2D eigenvalue weighted by atomic mass is 16.5. The number of nitrogens with zero attached hydrogens (tertiary/aromatic N) is 3. The van der Waals surface area contributed by atoms with Gasteiger partial charge in [-0.3, -0.25) is 9.59 Å². The molecular weight excluding hydrogens is 418 g/mol. The molecule has 2 fully saturated rings. The second-order valence-electron chi connectivity index (χ2n) is 9.41. The third kappa shape index (κ3) is 3.54. The van der Waals surface area contributed by atoms with Crippen molar-refractivity contribution in [2.24, 2.45) is 0 Å². The van der Waals surface area contributed by atoms with Crippen molar-refractivity contribution in [2.45, 2.75) is 43.5 Å². The van der Waals surface area contributed by atoms with E-state index in [0.717, 1.165) is 29.6 Å². The smallest absolute Gasteiger partial charge is 0.255 e. The van der Waals surface area contributed by atoms with Crippen LogP contribution < -0.4 is 10.6 Å². The molecule has 1 unspecified atom stereocenters. The van der Waals surface area contributed by atoms with E-state index in [2.05, 4.69) is 15.6 Å². The van der Waals surface area contributed by atoms with Crippen LogP contribution in [0.2, 0.25) is 0 Å². The fourth-order valence-electron chi connectivity index (χ4n) is 5.50. The quantitative estimate of drug-likeness (QED) is 0.647. The van der Waals surface area contributed by atoms with Crippen molar-refractivity contribution in [2.75, 3.05) is 25.0 Å². The van der Waals surface area contributed by atoms with E-state index in [-0.39, 0.29) is 17.4 Å². The number of imidazole rings is 1. The first-order valence-electron chi connectivity index (χ1n) is 11.6. The summed E-state index contributed by atoms with van der Waals surface area (Å²) in [5, 5.41) is 6.65. The van der Waals surface area contributed by atoms with Crippen molar-refractivity contribution < 1.29 is 14.3 Å². The van der Waals surface area contributed by atoms with Crippen LogP contribution in [0.15, 0.2) is 54.9 Å². The number of rotatable bonds is 3. The predicted molar refractivity (Wildman–Crippen MR) is 124 cm³/mol. The Labute approximate surface area is 191 Å². The van der Waals surface area contributed by atoms with Gasteiger partial charge in [0.1, 0.15) is 5.66 Å². The van der Waals surface area contributed by atoms with Gasteiger partial charge in [-0.25, -0.2) is 4.98 Å². The number of likely N-dealkylation sites (tertiary alicyclic amines) is 1. The summed E-state index contributed by atoms with van der Waals surface area (Å²) in [5.41, 5.74) is 2.61. The lowest BCUT2D eigenvalue weighted by atomic mass is 9.84. The van der Waals surface area contributed by atoms with Crippen molar-refractivity contribution in [3.8, 4) is 0 Å². The lowest BCUT2D eigenvalue weighted by Crippen LogP contribution is -2.59. The van der Waals surface area contributed by atoms with Crippen LogP contribution in [0.1, 0.15) is 36.0 Å². The molecule has 6 rings (SSSR count). The van der Waals surface area contributed by atoms with Gasteiger partial charge in [-0.2, -0.15) is 0 Å². The standard InChI is InChI=1S/C25H27N5O3/c31-22(9-12-30-17-26-20-7-3-4-8-21(20)30)29-13-10-24(11-14-29)15-25(16-33-24)27-19-6-2-1-5-18(19)23(32)28-25/h1-8,17,27H,9-16H2,(H,28,32). The van der Waals surface area contributed by atoms with E-state index < -0.39 is 5.66 Å². The van der Waals surface area contributed by atoms with Crippen LogP contribution in [-0.2, 0) is 16.1 Å². The van der Waals surface area contributed by atoms with Crippen molar-refractivity contribution >= 4 is 28.5 Å². The molecular formula is C25H27N5O3. The van der Waals surface area contributed by atoms with Gasteiger partial charge in [0.2, 0.25) is 5.91 Å². The SMILES string of the molecule is O=C1NC2(COC3(CCN(C(=O)CCn4cnc5ccccc54)CC3)C2)Nc2ccccc21. The summed E-state index contributed by atoms with van der Waals surface area (Å²) in [5.74, 6) is 0.0954. The van der Waals surface area contributed by atoms with Gasteiger partial charge in [0, 0.05) is 38.2 Å². The average molecular weight is 446 g/mol. The first-order chi connectivity index (χ1) is 16.0. The highest BCUT2D eigenvalue weighted by molar-refractivity contribution is 6.02. The molecule has 0 saturated carbocycles. The molecule has 170 valence electrons. The van der Waals surface area contributed by atoms with Crippen LogP contribution in [0.5, 0.6) is 0 Å². The number of amides is 2. The third-order valence-corrected chi connectivity index (χ3v) is 7.27. The van der Waals surface area contributed by atoms with Gasteiger partial charge in [0.25, 0.3) is 5.91 Å². The highest BCUT2D eigenvalue weighted by Gasteiger charge is 2.53. The van der Waals surface area contributed by atoms with Crippen LogP contribution in [0, 0.1) is 0 Å². The topological polar surface area (TPSA) is 88.5 Å². The van der Waals surface area contributed by atoms with Crippen molar-refractivity contribution in [1.29, 1.82) is 0 Å². The number of fused-ring (bicyclic) bond motifs is 2. The minimum absolute atomic E-state index is 0.0651. The average Bonchev–Trinajstić information content (AvgIpc) is 3.39. The number of ether oxygens (including phenoxy) is 1. The first kappa shape index (κ1) is 20.2. The molecule has 3 aliphatic rings. The number of anilines is 1. The molecule has 0 bridgehead atoms. The molecule has 33 heavy (non-hydrogen) atoms. The summed E-state index contributed by atoms with van der Waals surface area (Å²) in [6.45, 7) is 2.39. The number of aryl methyl sites for hydroxylation is 1. The fourth-order valence-corrected chi connectivity index (χ4v) is 5.50. The van der Waals surface area contributed by atoms with Gasteiger partial charge in [-0.15, -0.1) is 0 Å². The number of hydrogen-bond donors (Lipinski definition) is 2. The Morgan fingerprint density at radius 2 is 1.85 bits per heavy atom. The Hall–Kier alpha value is -3.39. The molecule has 8 heteroatoms. The van der Waals surface area contributed by atoms with Crippen LogP contribution >= 0.6 is 0 Å². The van der Waals surface area contributed by atoms with E-state index in [4.69, 9.17) is 4.74 Å². The normalized spacial score (nSPS) is 23.5. The third-order valence-electron chi connectivity index (χ3n) is 7.27. The van der Waals surface area contributed by atoms with Crippen molar-refractivity contribution in [1.82, 2.24) is 19.8 Å². The number of hydrogen-bond acceptors (Lipinski definition) is 5. The van der Waals surface area contributed by atoms with Gasteiger partial charge in [0.15, 0.2) is 0 Å². The number of benzene rings is 2. The summed E-state index contributed by atoms with van der Waals surface area (Å²) in [6.07, 6.45) is 4.50. The molecule has 2 spiro atoms. The van der Waals surface area contributed by atoms with Gasteiger partial charge in [-0.05, 0) is 37.1 Å². The molecule has 2 saturated heterocycles. The number of aromatic nitrogens is 2. The molecule has 8 nitrogen and oxygen atoms in total. The molecule has 2 aromatic carbocycles. The van der Waals surface area contributed by atoms with Gasteiger partial charge >= 0.3 is 0 Å². The first-order valence-corrected chi connectivity index (χ1v) is 11.6. The van der Waals surface area contributed by atoms with Crippen LogP contribution in [0.4, 0.5) is 5.69 Å². The number of para-hydroxylation sites is 3. The Bertz CT molecular complexity index is 1230. The molecule has 1 aromatic heterocycles. The number of carbonyl (C=O) groups is 2. The van der Waals surface area contributed by atoms with Crippen LogP contribution in [0.3, 0.4) is 0 Å². The van der Waals surface area contributed by atoms with E-state index in [1.54, 1.807) is 6.33 Å². The lowest BCUT2D eigenvalue weighted by molar-refractivity contribution is -0.136. The Morgan fingerprint density at radius 1 is 1.06 bits per heavy atom. The Morgan fingerprint density at radius 3 is 2.73 bits per heavy atom. The fraction of sp³-hybridized carbons (Fsp3) is 0.400. The van der Waals surface area contributed by atoms with E-state index in [1.165, 1.54) is 0 Å². The summed E-state index contributed by atoms with van der Waals surface area (Å²) >= 11 is 0. The molecule has 3 aromatic rings. The molecule has 4 heterocycles. The Balaban J connectivity index is 1.07. The minimum Gasteiger partial charge on any atom is -0.370 e. The van der Waals surface area contributed by atoms with E-state index in [9.17, 15) is 9.59 Å².